The van der Waals surface area contributed by atoms with E-state index in [1.165, 1.54) is 0 Å². The summed E-state index contributed by atoms with van der Waals surface area (Å²) in [6.07, 6.45) is 1.99. The van der Waals surface area contributed by atoms with Crippen molar-refractivity contribution in [1.29, 1.82) is 0 Å². The quantitative estimate of drug-likeness (QED) is 0.772. The minimum Gasteiger partial charge on any atom is -0.330 e. The van der Waals surface area contributed by atoms with Gasteiger partial charge in [-0.05, 0) is 43.4 Å². The Morgan fingerprint density at radius 2 is 1.86 bits per heavy atom. The van der Waals surface area contributed by atoms with Crippen molar-refractivity contribution in [3.05, 3.63) is 28.0 Å². The average molecular weight is 335 g/mol. The van der Waals surface area contributed by atoms with Crippen LogP contribution < -0.4 is 11.1 Å². The lowest BCUT2D eigenvalue weighted by Gasteiger charge is -2.19. The highest BCUT2D eigenvalue weighted by Gasteiger charge is 2.16. The summed E-state index contributed by atoms with van der Waals surface area (Å²) < 4.78 is 13.1. The Morgan fingerprint density at radius 1 is 1.29 bits per heavy atom. The fraction of sp³-hybridized carbons (Fsp3) is 0.533. The van der Waals surface area contributed by atoms with Crippen LogP contribution in [0.25, 0.3) is 0 Å². The smallest absolute Gasteiger partial charge is 0.224 e. The second-order valence-corrected chi connectivity index (χ2v) is 6.23. The van der Waals surface area contributed by atoms with E-state index in [1.807, 2.05) is 0 Å². The molecule has 0 spiro atoms. The van der Waals surface area contributed by atoms with Crippen molar-refractivity contribution in [2.24, 2.45) is 17.6 Å². The first kappa shape index (κ1) is 18.2. The van der Waals surface area contributed by atoms with Crippen LogP contribution in [0.1, 0.15) is 33.1 Å². The van der Waals surface area contributed by atoms with Gasteiger partial charge in [0, 0.05) is 6.42 Å². The van der Waals surface area contributed by atoms with Gasteiger partial charge in [0.2, 0.25) is 5.91 Å². The third-order valence-corrected chi connectivity index (χ3v) is 4.09. The van der Waals surface area contributed by atoms with Gasteiger partial charge in [-0.1, -0.05) is 37.0 Å². The van der Waals surface area contributed by atoms with Crippen LogP contribution in [0.2, 0.25) is 10.0 Å². The van der Waals surface area contributed by atoms with Crippen LogP contribution in [0, 0.1) is 17.7 Å². The number of nitrogens with two attached hydrogens (primary N) is 1. The molecule has 0 saturated heterocycles. The van der Waals surface area contributed by atoms with E-state index < -0.39 is 5.82 Å². The number of anilines is 1. The molecule has 0 aromatic heterocycles. The van der Waals surface area contributed by atoms with Crippen LogP contribution in [-0.4, -0.2) is 12.5 Å². The maximum absolute atomic E-state index is 13.1. The van der Waals surface area contributed by atoms with Crippen molar-refractivity contribution in [3.63, 3.8) is 0 Å². The fourth-order valence-electron chi connectivity index (χ4n) is 2.21. The predicted molar refractivity (Wildman–Crippen MR) is 86.3 cm³/mol. The number of halogens is 3. The van der Waals surface area contributed by atoms with E-state index in [1.54, 1.807) is 0 Å². The van der Waals surface area contributed by atoms with Gasteiger partial charge in [-0.25, -0.2) is 4.39 Å². The van der Waals surface area contributed by atoms with Crippen LogP contribution in [0.4, 0.5) is 10.1 Å². The first-order valence-corrected chi connectivity index (χ1v) is 7.75. The third-order valence-electron chi connectivity index (χ3n) is 3.49. The molecule has 1 amide bonds. The van der Waals surface area contributed by atoms with E-state index in [0.29, 0.717) is 24.8 Å². The van der Waals surface area contributed by atoms with Crippen LogP contribution in [0.3, 0.4) is 0 Å². The SMILES string of the molecule is CC(C)C(CCN)CCC(=O)Nc1c(Cl)cc(F)cc1Cl. The predicted octanol–water partition coefficient (Wildman–Crippen LogP) is 4.47. The molecular formula is C15H21Cl2FN2O. The van der Waals surface area contributed by atoms with Crippen LogP contribution in [-0.2, 0) is 4.79 Å². The van der Waals surface area contributed by atoms with E-state index in [0.717, 1.165) is 25.0 Å². The van der Waals surface area contributed by atoms with Crippen molar-refractivity contribution < 1.29 is 9.18 Å². The maximum atomic E-state index is 13.1. The Hall–Kier alpha value is -0.840. The van der Waals surface area contributed by atoms with Gasteiger partial charge >= 0.3 is 0 Å². The zero-order valence-electron chi connectivity index (χ0n) is 12.3. The van der Waals surface area contributed by atoms with Gasteiger partial charge in [-0.3, -0.25) is 4.79 Å². The maximum Gasteiger partial charge on any atom is 0.224 e. The number of amides is 1. The van der Waals surface area contributed by atoms with Crippen LogP contribution in [0.5, 0.6) is 0 Å². The number of hydrogen-bond acceptors (Lipinski definition) is 2. The second kappa shape index (κ2) is 8.57. The first-order valence-electron chi connectivity index (χ1n) is 6.99. The van der Waals surface area contributed by atoms with Gasteiger partial charge in [0.15, 0.2) is 0 Å². The standard InChI is InChI=1S/C15H21Cl2FN2O/c1-9(2)10(5-6-19)3-4-14(21)20-15-12(16)7-11(18)8-13(15)17/h7-10H,3-6,19H2,1-2H3,(H,20,21). The lowest BCUT2D eigenvalue weighted by Crippen LogP contribution is -2.18. The average Bonchev–Trinajstić information content (AvgIpc) is 2.38. The first-order chi connectivity index (χ1) is 9.85. The Morgan fingerprint density at radius 3 is 2.33 bits per heavy atom. The van der Waals surface area contributed by atoms with E-state index >= 15 is 0 Å². The van der Waals surface area contributed by atoms with Crippen molar-refractivity contribution in [2.45, 2.75) is 33.1 Å². The molecule has 1 rings (SSSR count). The van der Waals surface area contributed by atoms with Gasteiger partial charge in [-0.2, -0.15) is 0 Å². The molecule has 1 aromatic carbocycles. The molecule has 3 N–H and O–H groups in total. The summed E-state index contributed by atoms with van der Waals surface area (Å²) in [5.74, 6) is 0.151. The highest BCUT2D eigenvalue weighted by atomic mass is 35.5. The number of carbonyl (C=O) groups is 1. The highest BCUT2D eigenvalue weighted by Crippen LogP contribution is 2.31. The van der Waals surface area contributed by atoms with E-state index in [9.17, 15) is 9.18 Å². The Bertz CT molecular complexity index is 472. The zero-order valence-corrected chi connectivity index (χ0v) is 13.8. The molecule has 0 heterocycles. The topological polar surface area (TPSA) is 55.1 Å². The van der Waals surface area contributed by atoms with Crippen LogP contribution >= 0.6 is 23.2 Å². The Labute approximate surface area is 135 Å². The number of rotatable bonds is 7. The largest absolute Gasteiger partial charge is 0.330 e. The Kier molecular flexibility index (Phi) is 7.43. The molecule has 0 fully saturated rings. The number of carbonyl (C=O) groups excluding carboxylic acids is 1. The summed E-state index contributed by atoms with van der Waals surface area (Å²) in [5.41, 5.74) is 5.83. The summed E-state index contributed by atoms with van der Waals surface area (Å²) in [7, 11) is 0. The van der Waals surface area contributed by atoms with Crippen molar-refractivity contribution in [2.75, 3.05) is 11.9 Å². The van der Waals surface area contributed by atoms with Gasteiger partial charge in [-0.15, -0.1) is 0 Å². The zero-order chi connectivity index (χ0) is 16.0. The minimum atomic E-state index is -0.536. The molecule has 3 nitrogen and oxygen atoms in total. The lowest BCUT2D eigenvalue weighted by atomic mass is 9.88. The van der Waals surface area contributed by atoms with Crippen molar-refractivity contribution in [3.8, 4) is 0 Å². The summed E-state index contributed by atoms with van der Waals surface area (Å²) in [6, 6.07) is 2.24. The molecular weight excluding hydrogens is 314 g/mol. The fourth-order valence-corrected chi connectivity index (χ4v) is 2.76. The summed E-state index contributed by atoms with van der Waals surface area (Å²) >= 11 is 11.8. The molecule has 118 valence electrons. The Balaban J connectivity index is 2.62. The normalized spacial score (nSPS) is 12.5. The molecule has 0 aliphatic carbocycles. The summed E-state index contributed by atoms with van der Waals surface area (Å²) in [5, 5.41) is 2.83. The summed E-state index contributed by atoms with van der Waals surface area (Å²) in [6.45, 7) is 4.85. The molecule has 21 heavy (non-hydrogen) atoms. The third kappa shape index (κ3) is 5.81. The lowest BCUT2D eigenvalue weighted by molar-refractivity contribution is -0.116. The number of nitrogens with one attached hydrogen (secondary N) is 1. The molecule has 1 aromatic rings. The van der Waals surface area contributed by atoms with Gasteiger partial charge in [0.25, 0.3) is 0 Å². The van der Waals surface area contributed by atoms with Gasteiger partial charge in [0.1, 0.15) is 5.82 Å². The second-order valence-electron chi connectivity index (χ2n) is 5.41. The highest BCUT2D eigenvalue weighted by molar-refractivity contribution is 6.39. The monoisotopic (exact) mass is 334 g/mol. The summed E-state index contributed by atoms with van der Waals surface area (Å²) in [4.78, 5) is 12.0. The number of benzene rings is 1. The number of hydrogen-bond donors (Lipinski definition) is 2. The van der Waals surface area contributed by atoms with E-state index in [-0.39, 0.29) is 21.6 Å². The molecule has 0 bridgehead atoms. The van der Waals surface area contributed by atoms with Crippen molar-refractivity contribution >= 4 is 34.8 Å². The molecule has 6 heteroatoms. The molecule has 1 unspecified atom stereocenters. The molecule has 0 aliphatic heterocycles. The van der Waals surface area contributed by atoms with Crippen molar-refractivity contribution in [1.82, 2.24) is 0 Å². The molecule has 0 saturated carbocycles. The van der Waals surface area contributed by atoms with E-state index in [4.69, 9.17) is 28.9 Å². The molecule has 0 aliphatic rings. The minimum absolute atomic E-state index is 0.0933. The van der Waals surface area contributed by atoms with Crippen LogP contribution in [0.15, 0.2) is 12.1 Å². The van der Waals surface area contributed by atoms with Gasteiger partial charge < -0.3 is 11.1 Å². The van der Waals surface area contributed by atoms with Gasteiger partial charge in [0.05, 0.1) is 15.7 Å². The molecule has 0 radical (unpaired) electrons. The van der Waals surface area contributed by atoms with E-state index in [2.05, 4.69) is 19.2 Å². The molecule has 1 atom stereocenters.